The highest BCUT2D eigenvalue weighted by Crippen LogP contribution is 2.27. The molecular formula is C14H17NO2. The zero-order chi connectivity index (χ0) is 13.0. The Kier molecular flexibility index (Phi) is 4.28. The van der Waals surface area contributed by atoms with Gasteiger partial charge >= 0.3 is 0 Å². The van der Waals surface area contributed by atoms with Crippen LogP contribution in [0.3, 0.4) is 0 Å². The van der Waals surface area contributed by atoms with E-state index in [1.54, 1.807) is 7.11 Å². The van der Waals surface area contributed by atoms with E-state index < -0.39 is 5.92 Å². The summed E-state index contributed by atoms with van der Waals surface area (Å²) in [5, 5.41) is 8.96. The minimum atomic E-state index is -0.592. The number of methoxy groups -OCH3 is 1. The number of rotatable bonds is 4. The maximum absolute atomic E-state index is 12.2. The van der Waals surface area contributed by atoms with E-state index in [4.69, 9.17) is 10.00 Å². The fourth-order valence-electron chi connectivity index (χ4n) is 1.91. The molecular weight excluding hydrogens is 214 g/mol. The highest BCUT2D eigenvalue weighted by molar-refractivity contribution is 6.03. The number of carbonyl (C=O) groups excluding carboxylic acids is 1. The Bertz CT molecular complexity index is 472. The maximum atomic E-state index is 12.2. The lowest BCUT2D eigenvalue weighted by molar-refractivity contribution is 0.0943. The lowest BCUT2D eigenvalue weighted by Gasteiger charge is -2.13. The van der Waals surface area contributed by atoms with E-state index in [0.29, 0.717) is 17.7 Å². The van der Waals surface area contributed by atoms with E-state index in [1.807, 2.05) is 39.0 Å². The van der Waals surface area contributed by atoms with Crippen LogP contribution in [0.1, 0.15) is 34.8 Å². The standard InChI is InChI=1S/C14H17NO2/c1-5-11(8-15)14(16)13-10(3)6-9(2)7-12(13)17-4/h6-7,11H,5H2,1-4H3. The molecule has 0 bridgehead atoms. The third kappa shape index (κ3) is 2.65. The largest absolute Gasteiger partial charge is 0.496 e. The molecule has 1 aromatic rings. The maximum Gasteiger partial charge on any atom is 0.183 e. The summed E-state index contributed by atoms with van der Waals surface area (Å²) >= 11 is 0. The molecule has 0 N–H and O–H groups in total. The number of hydrogen-bond donors (Lipinski definition) is 0. The quantitative estimate of drug-likeness (QED) is 0.748. The van der Waals surface area contributed by atoms with Gasteiger partial charge in [0.1, 0.15) is 11.7 Å². The van der Waals surface area contributed by atoms with Crippen LogP contribution in [0.4, 0.5) is 0 Å². The Hall–Kier alpha value is -1.82. The van der Waals surface area contributed by atoms with Gasteiger partial charge in [-0.05, 0) is 37.5 Å². The number of ketones is 1. The molecule has 0 saturated carbocycles. The first kappa shape index (κ1) is 13.2. The van der Waals surface area contributed by atoms with Crippen molar-refractivity contribution < 1.29 is 9.53 Å². The fraction of sp³-hybridized carbons (Fsp3) is 0.429. The summed E-state index contributed by atoms with van der Waals surface area (Å²) in [5.74, 6) is -0.184. The number of nitrogens with zero attached hydrogens (tertiary/aromatic N) is 1. The van der Waals surface area contributed by atoms with Crippen molar-refractivity contribution in [3.63, 3.8) is 0 Å². The number of hydrogen-bond acceptors (Lipinski definition) is 3. The molecule has 1 unspecified atom stereocenters. The van der Waals surface area contributed by atoms with Gasteiger partial charge in [-0.1, -0.05) is 13.0 Å². The molecule has 90 valence electrons. The van der Waals surface area contributed by atoms with E-state index in [9.17, 15) is 4.79 Å². The summed E-state index contributed by atoms with van der Waals surface area (Å²) in [7, 11) is 1.54. The molecule has 3 heteroatoms. The zero-order valence-corrected chi connectivity index (χ0v) is 10.7. The average molecular weight is 231 g/mol. The molecule has 0 spiro atoms. The first-order valence-electron chi connectivity index (χ1n) is 5.64. The van der Waals surface area contributed by atoms with Crippen LogP contribution in [0.2, 0.25) is 0 Å². The van der Waals surface area contributed by atoms with E-state index in [0.717, 1.165) is 11.1 Å². The van der Waals surface area contributed by atoms with Crippen LogP contribution in [0.25, 0.3) is 0 Å². The van der Waals surface area contributed by atoms with E-state index in [1.165, 1.54) is 0 Å². The van der Waals surface area contributed by atoms with Crippen molar-refractivity contribution in [2.45, 2.75) is 27.2 Å². The zero-order valence-electron chi connectivity index (χ0n) is 10.7. The van der Waals surface area contributed by atoms with E-state index >= 15 is 0 Å². The van der Waals surface area contributed by atoms with Crippen molar-refractivity contribution in [2.75, 3.05) is 7.11 Å². The minimum absolute atomic E-state index is 0.149. The van der Waals surface area contributed by atoms with Gasteiger partial charge in [0.2, 0.25) is 0 Å². The van der Waals surface area contributed by atoms with Gasteiger partial charge < -0.3 is 4.74 Å². The topological polar surface area (TPSA) is 50.1 Å². The van der Waals surface area contributed by atoms with Gasteiger partial charge in [-0.2, -0.15) is 5.26 Å². The minimum Gasteiger partial charge on any atom is -0.496 e. The first-order chi connectivity index (χ1) is 8.04. The second-order valence-corrected chi connectivity index (χ2v) is 4.11. The van der Waals surface area contributed by atoms with Gasteiger partial charge in [-0.15, -0.1) is 0 Å². The molecule has 0 aliphatic heterocycles. The molecule has 1 rings (SSSR count). The van der Waals surface area contributed by atoms with Gasteiger partial charge in [0.05, 0.1) is 18.7 Å². The highest BCUT2D eigenvalue weighted by Gasteiger charge is 2.23. The Morgan fingerprint density at radius 2 is 2.12 bits per heavy atom. The molecule has 3 nitrogen and oxygen atoms in total. The van der Waals surface area contributed by atoms with Gasteiger partial charge in [0.15, 0.2) is 5.78 Å². The van der Waals surface area contributed by atoms with Crippen molar-refractivity contribution >= 4 is 5.78 Å². The third-order valence-electron chi connectivity index (χ3n) is 2.79. The number of nitriles is 1. The van der Waals surface area contributed by atoms with Crippen LogP contribution >= 0.6 is 0 Å². The Morgan fingerprint density at radius 3 is 2.59 bits per heavy atom. The van der Waals surface area contributed by atoms with Crippen LogP contribution in [0, 0.1) is 31.1 Å². The van der Waals surface area contributed by atoms with Gasteiger partial charge in [-0.3, -0.25) is 4.79 Å². The molecule has 0 saturated heterocycles. The molecule has 0 amide bonds. The second-order valence-electron chi connectivity index (χ2n) is 4.11. The van der Waals surface area contributed by atoms with E-state index in [-0.39, 0.29) is 5.78 Å². The number of ether oxygens (including phenoxy) is 1. The molecule has 0 radical (unpaired) electrons. The lowest BCUT2D eigenvalue weighted by Crippen LogP contribution is -2.15. The normalized spacial score (nSPS) is 11.7. The molecule has 1 atom stereocenters. The number of carbonyl (C=O) groups is 1. The van der Waals surface area contributed by atoms with Crippen LogP contribution < -0.4 is 4.74 Å². The smallest absolute Gasteiger partial charge is 0.183 e. The molecule has 0 fully saturated rings. The molecule has 0 aliphatic carbocycles. The van der Waals surface area contributed by atoms with Crippen LogP contribution in [0.5, 0.6) is 5.75 Å². The molecule has 0 heterocycles. The molecule has 0 aliphatic rings. The molecule has 17 heavy (non-hydrogen) atoms. The summed E-state index contributed by atoms with van der Waals surface area (Å²) in [6.07, 6.45) is 0.520. The predicted molar refractivity (Wildman–Crippen MR) is 66.2 cm³/mol. The Labute approximate surface area is 102 Å². The van der Waals surface area contributed by atoms with Gasteiger partial charge in [-0.25, -0.2) is 0 Å². The van der Waals surface area contributed by atoms with Crippen LogP contribution in [0.15, 0.2) is 12.1 Å². The summed E-state index contributed by atoms with van der Waals surface area (Å²) in [6.45, 7) is 5.65. The summed E-state index contributed by atoms with van der Waals surface area (Å²) < 4.78 is 5.24. The SMILES string of the molecule is CCC(C#N)C(=O)c1c(C)cc(C)cc1OC. The van der Waals surface area contributed by atoms with Gasteiger partial charge in [0.25, 0.3) is 0 Å². The average Bonchev–Trinajstić information content (AvgIpc) is 2.29. The van der Waals surface area contributed by atoms with Crippen LogP contribution in [-0.4, -0.2) is 12.9 Å². The van der Waals surface area contributed by atoms with Crippen molar-refractivity contribution in [1.82, 2.24) is 0 Å². The van der Waals surface area contributed by atoms with E-state index in [2.05, 4.69) is 0 Å². The number of Topliss-reactive ketones (excluding diaryl/α,β-unsaturated/α-hetero) is 1. The second kappa shape index (κ2) is 5.49. The summed E-state index contributed by atoms with van der Waals surface area (Å²) in [4.78, 5) is 12.2. The Balaban J connectivity index is 3.31. The van der Waals surface area contributed by atoms with Crippen LogP contribution in [-0.2, 0) is 0 Å². The lowest BCUT2D eigenvalue weighted by atomic mass is 9.92. The predicted octanol–water partition coefficient (Wildman–Crippen LogP) is 3.04. The van der Waals surface area contributed by atoms with Crippen molar-refractivity contribution in [1.29, 1.82) is 5.26 Å². The summed E-state index contributed by atoms with van der Waals surface area (Å²) in [6, 6.07) is 5.79. The molecule has 1 aromatic carbocycles. The third-order valence-corrected chi connectivity index (χ3v) is 2.79. The fourth-order valence-corrected chi connectivity index (χ4v) is 1.91. The highest BCUT2D eigenvalue weighted by atomic mass is 16.5. The number of benzene rings is 1. The molecule has 0 aromatic heterocycles. The summed E-state index contributed by atoms with van der Waals surface area (Å²) in [5.41, 5.74) is 2.44. The van der Waals surface area contributed by atoms with Crippen molar-refractivity contribution in [3.8, 4) is 11.8 Å². The first-order valence-corrected chi connectivity index (χ1v) is 5.64. The van der Waals surface area contributed by atoms with Gasteiger partial charge in [0, 0.05) is 0 Å². The number of aryl methyl sites for hydroxylation is 2. The Morgan fingerprint density at radius 1 is 1.47 bits per heavy atom. The van der Waals surface area contributed by atoms with Crippen molar-refractivity contribution in [2.24, 2.45) is 5.92 Å². The van der Waals surface area contributed by atoms with Crippen molar-refractivity contribution in [3.05, 3.63) is 28.8 Å². The monoisotopic (exact) mass is 231 g/mol.